The van der Waals surface area contributed by atoms with Gasteiger partial charge in [-0.15, -0.1) is 0 Å². The Labute approximate surface area is 107 Å². The van der Waals surface area contributed by atoms with E-state index in [1.165, 1.54) is 0 Å². The van der Waals surface area contributed by atoms with Crippen LogP contribution in [-0.4, -0.2) is 49.4 Å². The molecule has 0 spiro atoms. The summed E-state index contributed by atoms with van der Waals surface area (Å²) in [5.41, 5.74) is 0. The van der Waals surface area contributed by atoms with E-state index in [0.717, 1.165) is 0 Å². The molecule has 0 saturated carbocycles. The molecule has 1 N–H and O–H groups in total. The molecule has 0 rings (SSSR count). The van der Waals surface area contributed by atoms with Gasteiger partial charge in [0, 0.05) is 13.8 Å². The number of nitrogens with zero attached hydrogens (tertiary/aromatic N) is 2. The van der Waals surface area contributed by atoms with Gasteiger partial charge in [0.25, 0.3) is 0 Å². The van der Waals surface area contributed by atoms with Gasteiger partial charge in [-0.25, -0.2) is 0 Å². The molecule has 0 atom stereocenters. The monoisotopic (exact) mass is 262 g/mol. The Bertz CT molecular complexity index is 242. The zero-order chi connectivity index (χ0) is 13.8. The third-order valence-corrected chi connectivity index (χ3v) is 1.63. The van der Waals surface area contributed by atoms with Gasteiger partial charge >= 0.3 is 0 Å². The molecule has 0 aromatic carbocycles. The standard InChI is InChI=1S/C11H22N2O5/c1-5-15-9(3)12-17-7-11(14)8-18-13-10(4)16-6-2/h11,14H,5-8H2,1-4H3. The molecule has 7 nitrogen and oxygen atoms in total. The van der Waals surface area contributed by atoms with E-state index in [1.807, 2.05) is 13.8 Å². The molecule has 0 bridgehead atoms. The first-order valence-corrected chi connectivity index (χ1v) is 5.86. The number of hydrogen-bond donors (Lipinski definition) is 1. The number of hydrogen-bond acceptors (Lipinski definition) is 7. The number of ether oxygens (including phenoxy) is 2. The van der Waals surface area contributed by atoms with Crippen LogP contribution in [0.1, 0.15) is 27.7 Å². The maximum atomic E-state index is 9.46. The van der Waals surface area contributed by atoms with Gasteiger partial charge < -0.3 is 24.3 Å². The van der Waals surface area contributed by atoms with Crippen molar-refractivity contribution in [1.29, 1.82) is 0 Å². The molecule has 0 fully saturated rings. The molecule has 0 aromatic rings. The van der Waals surface area contributed by atoms with E-state index in [1.54, 1.807) is 13.8 Å². The Balaban J connectivity index is 3.69. The highest BCUT2D eigenvalue weighted by molar-refractivity contribution is 5.72. The van der Waals surface area contributed by atoms with Crippen molar-refractivity contribution in [2.45, 2.75) is 33.8 Å². The first-order chi connectivity index (χ1) is 8.60. The van der Waals surface area contributed by atoms with Gasteiger partial charge in [-0.1, -0.05) is 10.3 Å². The van der Waals surface area contributed by atoms with Crippen LogP contribution in [0.4, 0.5) is 0 Å². The summed E-state index contributed by atoms with van der Waals surface area (Å²) in [6, 6.07) is 0. The zero-order valence-electron chi connectivity index (χ0n) is 11.4. The predicted octanol–water partition coefficient (Wildman–Crippen LogP) is 1.12. The van der Waals surface area contributed by atoms with Gasteiger partial charge in [0.2, 0.25) is 11.8 Å². The molecule has 0 aliphatic carbocycles. The summed E-state index contributed by atoms with van der Waals surface area (Å²) in [6.07, 6.45) is -0.818. The minimum atomic E-state index is -0.818. The lowest BCUT2D eigenvalue weighted by atomic mass is 10.4. The van der Waals surface area contributed by atoms with Crippen molar-refractivity contribution in [3.05, 3.63) is 0 Å². The lowest BCUT2D eigenvalue weighted by Gasteiger charge is -2.08. The summed E-state index contributed by atoms with van der Waals surface area (Å²) in [5.74, 6) is 0.826. The summed E-state index contributed by atoms with van der Waals surface area (Å²) >= 11 is 0. The van der Waals surface area contributed by atoms with Crippen molar-refractivity contribution in [1.82, 2.24) is 0 Å². The number of oxime groups is 2. The lowest BCUT2D eigenvalue weighted by molar-refractivity contribution is -0.0193. The van der Waals surface area contributed by atoms with Crippen LogP contribution in [0.25, 0.3) is 0 Å². The summed E-state index contributed by atoms with van der Waals surface area (Å²) < 4.78 is 10.1. The summed E-state index contributed by atoms with van der Waals surface area (Å²) in [4.78, 5) is 9.74. The molecule has 0 amide bonds. The van der Waals surface area contributed by atoms with Crippen LogP contribution in [0.5, 0.6) is 0 Å². The van der Waals surface area contributed by atoms with Crippen molar-refractivity contribution in [3.63, 3.8) is 0 Å². The molecule has 7 heteroatoms. The van der Waals surface area contributed by atoms with Crippen LogP contribution in [0.2, 0.25) is 0 Å². The second-order valence-corrected chi connectivity index (χ2v) is 3.33. The van der Waals surface area contributed by atoms with E-state index in [-0.39, 0.29) is 13.2 Å². The van der Waals surface area contributed by atoms with Crippen molar-refractivity contribution in [2.75, 3.05) is 26.4 Å². The van der Waals surface area contributed by atoms with E-state index in [4.69, 9.17) is 19.1 Å². The van der Waals surface area contributed by atoms with Crippen LogP contribution in [-0.2, 0) is 19.1 Å². The predicted molar refractivity (Wildman–Crippen MR) is 67.4 cm³/mol. The highest BCUT2D eigenvalue weighted by Gasteiger charge is 2.05. The first kappa shape index (κ1) is 16.5. The van der Waals surface area contributed by atoms with Crippen LogP contribution in [0, 0.1) is 0 Å². The molecule has 0 unspecified atom stereocenters. The molecule has 0 radical (unpaired) electrons. The first-order valence-electron chi connectivity index (χ1n) is 5.86. The minimum absolute atomic E-state index is 0.00756. The number of rotatable bonds is 8. The second kappa shape index (κ2) is 10.6. The van der Waals surface area contributed by atoms with Gasteiger partial charge in [0.1, 0.15) is 19.3 Å². The maximum absolute atomic E-state index is 9.46. The van der Waals surface area contributed by atoms with Gasteiger partial charge in [-0.3, -0.25) is 0 Å². The van der Waals surface area contributed by atoms with Crippen LogP contribution >= 0.6 is 0 Å². The summed E-state index contributed by atoms with van der Waals surface area (Å²) in [5, 5.41) is 16.8. The SMILES string of the molecule is CCOC(C)=NOCC(O)CON=C(C)OCC. The fourth-order valence-corrected chi connectivity index (χ4v) is 0.947. The topological polar surface area (TPSA) is 81.9 Å². The normalized spacial score (nSPS) is 14.1. The molecular formula is C11H22N2O5. The van der Waals surface area contributed by atoms with Crippen LogP contribution < -0.4 is 0 Å². The van der Waals surface area contributed by atoms with Crippen molar-refractivity contribution < 1.29 is 24.3 Å². The lowest BCUT2D eigenvalue weighted by Crippen LogP contribution is -2.20. The highest BCUT2D eigenvalue weighted by atomic mass is 16.7. The Morgan fingerprint density at radius 3 is 1.67 bits per heavy atom. The Hall–Kier alpha value is -1.50. The van der Waals surface area contributed by atoms with E-state index >= 15 is 0 Å². The highest BCUT2D eigenvalue weighted by Crippen LogP contribution is 1.92. The van der Waals surface area contributed by atoms with E-state index < -0.39 is 6.10 Å². The number of aliphatic hydroxyl groups excluding tert-OH is 1. The molecule has 0 aliphatic heterocycles. The number of aliphatic hydroxyl groups is 1. The largest absolute Gasteiger partial charge is 0.479 e. The average Bonchev–Trinajstić information content (AvgIpc) is 2.29. The van der Waals surface area contributed by atoms with Gasteiger partial charge in [0.05, 0.1) is 13.2 Å². The summed E-state index contributed by atoms with van der Waals surface area (Å²) in [7, 11) is 0. The fourth-order valence-electron chi connectivity index (χ4n) is 0.947. The van der Waals surface area contributed by atoms with Crippen LogP contribution in [0.3, 0.4) is 0 Å². The van der Waals surface area contributed by atoms with Crippen molar-refractivity contribution in [3.8, 4) is 0 Å². The average molecular weight is 262 g/mol. The molecule has 18 heavy (non-hydrogen) atoms. The molecular weight excluding hydrogens is 240 g/mol. The van der Waals surface area contributed by atoms with Gasteiger partial charge in [0.15, 0.2) is 0 Å². The molecule has 0 saturated heterocycles. The fraction of sp³-hybridized carbons (Fsp3) is 0.818. The molecule has 0 aliphatic rings. The van der Waals surface area contributed by atoms with Gasteiger partial charge in [-0.05, 0) is 13.8 Å². The molecule has 106 valence electrons. The van der Waals surface area contributed by atoms with Crippen LogP contribution in [0.15, 0.2) is 10.3 Å². The maximum Gasteiger partial charge on any atom is 0.222 e. The minimum Gasteiger partial charge on any atom is -0.479 e. The van der Waals surface area contributed by atoms with Crippen molar-refractivity contribution in [2.24, 2.45) is 10.3 Å². The Morgan fingerprint density at radius 1 is 0.944 bits per heavy atom. The molecule has 0 aromatic heterocycles. The Kier molecular flexibility index (Phi) is 9.75. The van der Waals surface area contributed by atoms with E-state index in [2.05, 4.69) is 10.3 Å². The molecule has 0 heterocycles. The summed E-state index contributed by atoms with van der Waals surface area (Å²) in [6.45, 7) is 8.10. The van der Waals surface area contributed by atoms with Gasteiger partial charge in [-0.2, -0.15) is 0 Å². The quantitative estimate of drug-likeness (QED) is 0.402. The van der Waals surface area contributed by atoms with Crippen molar-refractivity contribution >= 4 is 11.8 Å². The smallest absolute Gasteiger partial charge is 0.222 e. The zero-order valence-corrected chi connectivity index (χ0v) is 11.4. The third-order valence-electron chi connectivity index (χ3n) is 1.63. The third kappa shape index (κ3) is 9.71. The second-order valence-electron chi connectivity index (χ2n) is 3.33. The van der Waals surface area contributed by atoms with E-state index in [9.17, 15) is 5.11 Å². The van der Waals surface area contributed by atoms with E-state index in [0.29, 0.717) is 25.0 Å². The Morgan fingerprint density at radius 2 is 1.33 bits per heavy atom.